The smallest absolute Gasteiger partial charge is 0.0680 e. The number of hydrogen-bond donors (Lipinski definition) is 1. The van der Waals surface area contributed by atoms with Gasteiger partial charge in [-0.25, -0.2) is 0 Å². The number of hydrogen-bond acceptors (Lipinski definition) is 1. The summed E-state index contributed by atoms with van der Waals surface area (Å²) in [5.74, 6) is 1.11. The highest BCUT2D eigenvalue weighted by Gasteiger charge is 2.41. The number of para-hydroxylation sites is 1. The van der Waals surface area contributed by atoms with Gasteiger partial charge in [0.15, 0.2) is 0 Å². The van der Waals surface area contributed by atoms with Crippen molar-refractivity contribution in [2.24, 2.45) is 5.92 Å². The summed E-state index contributed by atoms with van der Waals surface area (Å²) in [7, 11) is 5.99. The van der Waals surface area contributed by atoms with E-state index in [-0.39, 0.29) is 0 Å². The van der Waals surface area contributed by atoms with Crippen molar-refractivity contribution in [3.63, 3.8) is 0 Å². The molecule has 1 aliphatic carbocycles. The summed E-state index contributed by atoms with van der Waals surface area (Å²) in [4.78, 5) is 0. The first kappa shape index (κ1) is 11.2. The summed E-state index contributed by atoms with van der Waals surface area (Å²) in [5, 5.41) is 3.63. The lowest BCUT2D eigenvalue weighted by atomic mass is 9.74. The molecule has 0 spiro atoms. The van der Waals surface area contributed by atoms with Crippen LogP contribution in [0.25, 0.3) is 0 Å². The Bertz CT molecular complexity index is 622. The summed E-state index contributed by atoms with van der Waals surface area (Å²) in [6, 6.07) is 17.9. The Hall–Kier alpha value is -1.70. The fraction of sp³-hybridized carbons (Fsp3) is 0.294. The van der Waals surface area contributed by atoms with Gasteiger partial charge >= 0.3 is 0 Å². The quantitative estimate of drug-likeness (QED) is 0.759. The van der Waals surface area contributed by atoms with Gasteiger partial charge in [0.05, 0.1) is 7.85 Å². The minimum Gasteiger partial charge on any atom is -0.382 e. The highest BCUT2D eigenvalue weighted by Crippen LogP contribution is 2.49. The molecule has 0 bridgehead atoms. The van der Waals surface area contributed by atoms with Crippen LogP contribution in [0, 0.1) is 5.92 Å². The third-order valence-corrected chi connectivity index (χ3v) is 4.68. The van der Waals surface area contributed by atoms with Gasteiger partial charge in [-0.05, 0) is 35.1 Å². The molecule has 19 heavy (non-hydrogen) atoms. The van der Waals surface area contributed by atoms with Crippen molar-refractivity contribution in [1.29, 1.82) is 0 Å². The Balaban J connectivity index is 1.91. The minimum absolute atomic E-state index is 0.382. The van der Waals surface area contributed by atoms with Crippen LogP contribution in [0.1, 0.15) is 22.6 Å². The van der Waals surface area contributed by atoms with Gasteiger partial charge < -0.3 is 5.32 Å². The van der Waals surface area contributed by atoms with Crippen LogP contribution in [0.4, 0.5) is 5.69 Å². The maximum absolute atomic E-state index is 5.99. The topological polar surface area (TPSA) is 12.0 Å². The molecule has 4 rings (SSSR count). The second-order valence-electron chi connectivity index (χ2n) is 5.62. The van der Waals surface area contributed by atoms with E-state index in [1.54, 1.807) is 0 Å². The lowest BCUT2D eigenvalue weighted by Gasteiger charge is -2.37. The molecule has 0 fully saturated rings. The summed E-state index contributed by atoms with van der Waals surface area (Å²) in [6.07, 6.45) is 1.84. The standard InChI is InChI=1S/C17H16BN/c18-10-16-14-9-11-5-1-2-6-12(11)17(14)13-7-3-4-8-15(13)19-16/h1-8,14,16-17,19H,9-10H2. The maximum atomic E-state index is 5.99. The van der Waals surface area contributed by atoms with E-state index in [2.05, 4.69) is 53.8 Å². The number of nitrogens with one attached hydrogen (secondary N) is 1. The minimum atomic E-state index is 0.382. The molecule has 2 aromatic rings. The summed E-state index contributed by atoms with van der Waals surface area (Å²) < 4.78 is 0. The molecule has 3 unspecified atom stereocenters. The molecular formula is C17H16BN. The van der Waals surface area contributed by atoms with E-state index in [0.29, 0.717) is 24.2 Å². The molecular weight excluding hydrogens is 229 g/mol. The van der Waals surface area contributed by atoms with E-state index in [0.717, 1.165) is 6.42 Å². The Morgan fingerprint density at radius 3 is 2.58 bits per heavy atom. The maximum Gasteiger partial charge on any atom is 0.0680 e. The lowest BCUT2D eigenvalue weighted by Crippen LogP contribution is -2.36. The van der Waals surface area contributed by atoms with Crippen molar-refractivity contribution >= 4 is 13.5 Å². The molecule has 0 aromatic heterocycles. The number of rotatable bonds is 1. The number of benzene rings is 2. The average molecular weight is 245 g/mol. The SMILES string of the molecule is [B]CC1Nc2ccccc2C2c3ccccc3CC12. The predicted molar refractivity (Wildman–Crippen MR) is 79.9 cm³/mol. The second kappa shape index (κ2) is 4.16. The van der Waals surface area contributed by atoms with Gasteiger partial charge in [0.25, 0.3) is 0 Å². The van der Waals surface area contributed by atoms with Crippen LogP contribution in [-0.2, 0) is 6.42 Å². The monoisotopic (exact) mass is 245 g/mol. The zero-order valence-corrected chi connectivity index (χ0v) is 10.8. The molecule has 2 aliphatic rings. The van der Waals surface area contributed by atoms with Crippen molar-refractivity contribution in [2.45, 2.75) is 24.7 Å². The van der Waals surface area contributed by atoms with Crippen molar-refractivity contribution in [3.05, 3.63) is 65.2 Å². The first-order valence-electron chi connectivity index (χ1n) is 7.02. The van der Waals surface area contributed by atoms with Crippen LogP contribution in [0.15, 0.2) is 48.5 Å². The third kappa shape index (κ3) is 1.56. The van der Waals surface area contributed by atoms with Gasteiger partial charge in [0.2, 0.25) is 0 Å². The molecule has 1 N–H and O–H groups in total. The number of anilines is 1. The van der Waals surface area contributed by atoms with E-state index < -0.39 is 0 Å². The molecule has 0 saturated heterocycles. The molecule has 0 amide bonds. The largest absolute Gasteiger partial charge is 0.382 e. The fourth-order valence-electron chi connectivity index (χ4n) is 3.84. The molecule has 92 valence electrons. The summed E-state index contributed by atoms with van der Waals surface area (Å²) in [6.45, 7) is 0. The van der Waals surface area contributed by atoms with Crippen molar-refractivity contribution < 1.29 is 0 Å². The van der Waals surface area contributed by atoms with Crippen LogP contribution in [0.3, 0.4) is 0 Å². The summed E-state index contributed by atoms with van der Waals surface area (Å²) >= 11 is 0. The Morgan fingerprint density at radius 2 is 1.74 bits per heavy atom. The van der Waals surface area contributed by atoms with Gasteiger partial charge in [-0.15, -0.1) is 0 Å². The zero-order chi connectivity index (χ0) is 12.8. The van der Waals surface area contributed by atoms with Gasteiger partial charge in [-0.2, -0.15) is 0 Å². The molecule has 2 radical (unpaired) electrons. The zero-order valence-electron chi connectivity index (χ0n) is 10.8. The van der Waals surface area contributed by atoms with Crippen LogP contribution >= 0.6 is 0 Å². The lowest BCUT2D eigenvalue weighted by molar-refractivity contribution is 0.432. The van der Waals surface area contributed by atoms with Crippen molar-refractivity contribution in [2.75, 3.05) is 5.32 Å². The van der Waals surface area contributed by atoms with E-state index in [9.17, 15) is 0 Å². The Kier molecular flexibility index (Phi) is 2.44. The van der Waals surface area contributed by atoms with E-state index >= 15 is 0 Å². The van der Waals surface area contributed by atoms with Crippen molar-refractivity contribution in [3.8, 4) is 0 Å². The molecule has 1 heterocycles. The molecule has 0 saturated carbocycles. The van der Waals surface area contributed by atoms with Crippen molar-refractivity contribution in [1.82, 2.24) is 0 Å². The molecule has 2 heteroatoms. The highest BCUT2D eigenvalue weighted by molar-refractivity contribution is 6.09. The molecule has 1 aliphatic heterocycles. The molecule has 1 nitrogen and oxygen atoms in total. The first-order chi connectivity index (χ1) is 9.38. The van der Waals surface area contributed by atoms with Crippen LogP contribution in [-0.4, -0.2) is 13.9 Å². The second-order valence-corrected chi connectivity index (χ2v) is 5.62. The number of fused-ring (bicyclic) bond motifs is 5. The highest BCUT2D eigenvalue weighted by atomic mass is 14.9. The molecule has 2 aromatic carbocycles. The van der Waals surface area contributed by atoms with Crippen LogP contribution in [0.2, 0.25) is 6.32 Å². The third-order valence-electron chi connectivity index (χ3n) is 4.68. The van der Waals surface area contributed by atoms with Gasteiger partial charge in [0.1, 0.15) is 0 Å². The van der Waals surface area contributed by atoms with Crippen LogP contribution in [0.5, 0.6) is 0 Å². The molecule has 3 atom stereocenters. The van der Waals surface area contributed by atoms with Crippen LogP contribution < -0.4 is 5.32 Å². The predicted octanol–water partition coefficient (Wildman–Crippen LogP) is 3.37. The Morgan fingerprint density at radius 1 is 1.00 bits per heavy atom. The van der Waals surface area contributed by atoms with Gasteiger partial charge in [0, 0.05) is 17.6 Å². The normalized spacial score (nSPS) is 27.1. The summed E-state index contributed by atoms with van der Waals surface area (Å²) in [5.41, 5.74) is 5.69. The first-order valence-corrected chi connectivity index (χ1v) is 7.02. The Labute approximate surface area is 115 Å². The van der Waals surface area contributed by atoms with E-state index in [4.69, 9.17) is 7.85 Å². The van der Waals surface area contributed by atoms with E-state index in [1.807, 2.05) is 0 Å². The van der Waals surface area contributed by atoms with E-state index in [1.165, 1.54) is 22.4 Å². The van der Waals surface area contributed by atoms with Gasteiger partial charge in [-0.1, -0.05) is 48.8 Å². The fourth-order valence-corrected chi connectivity index (χ4v) is 3.84. The van der Waals surface area contributed by atoms with Gasteiger partial charge in [-0.3, -0.25) is 0 Å². The average Bonchev–Trinajstić information content (AvgIpc) is 2.86.